The number of carbonyl (C=O) groups is 1. The summed E-state index contributed by atoms with van der Waals surface area (Å²) < 4.78 is 6.45. The SMILES string of the molecule is CC(C)c1cc2c(cc1OCC(O)CN(Cc1ccccc1)Cc1ccccc1)[C@@]1(C)CCCC(C)(C)[C@@H]1CC2=O. The monoisotopic (exact) mass is 553 g/mol. The summed E-state index contributed by atoms with van der Waals surface area (Å²) in [5, 5.41) is 11.2. The van der Waals surface area contributed by atoms with E-state index in [1.54, 1.807) is 0 Å². The molecule has 218 valence electrons. The molecule has 0 amide bonds. The van der Waals surface area contributed by atoms with Crippen molar-refractivity contribution in [2.24, 2.45) is 11.3 Å². The summed E-state index contributed by atoms with van der Waals surface area (Å²) in [6, 6.07) is 25.1. The Morgan fingerprint density at radius 3 is 2.12 bits per heavy atom. The number of hydrogen-bond donors (Lipinski definition) is 1. The molecule has 0 aliphatic heterocycles. The molecule has 4 nitrogen and oxygen atoms in total. The second kappa shape index (κ2) is 12.1. The molecule has 0 heterocycles. The molecule has 1 unspecified atom stereocenters. The number of hydrogen-bond acceptors (Lipinski definition) is 4. The Hall–Kier alpha value is -2.95. The van der Waals surface area contributed by atoms with Gasteiger partial charge in [0.2, 0.25) is 0 Å². The predicted molar refractivity (Wildman–Crippen MR) is 166 cm³/mol. The third kappa shape index (κ3) is 6.44. The normalized spacial score (nSPS) is 22.3. The third-order valence-corrected chi connectivity index (χ3v) is 9.71. The average molecular weight is 554 g/mol. The number of ketones is 1. The van der Waals surface area contributed by atoms with Crippen molar-refractivity contribution in [1.82, 2.24) is 4.90 Å². The second-order valence-electron chi connectivity index (χ2n) is 13.6. The smallest absolute Gasteiger partial charge is 0.163 e. The van der Waals surface area contributed by atoms with E-state index in [0.29, 0.717) is 18.9 Å². The molecule has 2 aliphatic rings. The Bertz CT molecular complexity index is 1290. The fraction of sp³-hybridized carbons (Fsp3) is 0.486. The van der Waals surface area contributed by atoms with Crippen LogP contribution < -0.4 is 4.74 Å². The zero-order valence-electron chi connectivity index (χ0n) is 25.5. The quantitative estimate of drug-likeness (QED) is 0.277. The van der Waals surface area contributed by atoms with Crippen LogP contribution in [0.25, 0.3) is 0 Å². The van der Waals surface area contributed by atoms with Gasteiger partial charge in [0, 0.05) is 31.6 Å². The average Bonchev–Trinajstić information content (AvgIpc) is 2.94. The Balaban J connectivity index is 1.36. The fourth-order valence-electron chi connectivity index (χ4n) is 7.52. The van der Waals surface area contributed by atoms with Crippen LogP contribution in [0.5, 0.6) is 5.75 Å². The topological polar surface area (TPSA) is 49.8 Å². The van der Waals surface area contributed by atoms with Crippen molar-refractivity contribution in [2.75, 3.05) is 13.2 Å². The van der Waals surface area contributed by atoms with Crippen LogP contribution in [-0.2, 0) is 18.5 Å². The zero-order valence-corrected chi connectivity index (χ0v) is 25.5. The molecule has 0 aromatic heterocycles. The molecular formula is C37H47NO3. The van der Waals surface area contributed by atoms with Crippen molar-refractivity contribution in [1.29, 1.82) is 0 Å². The number of carbonyl (C=O) groups excluding carboxylic acids is 1. The first kappa shape index (κ1) is 29.5. The first-order chi connectivity index (χ1) is 19.6. The number of aliphatic hydroxyl groups is 1. The molecule has 1 fully saturated rings. The van der Waals surface area contributed by atoms with Crippen molar-refractivity contribution in [3.05, 3.63) is 101 Å². The highest BCUT2D eigenvalue weighted by Gasteiger charge is 2.52. The lowest BCUT2D eigenvalue weighted by atomic mass is 9.50. The van der Waals surface area contributed by atoms with Crippen LogP contribution in [0.15, 0.2) is 72.8 Å². The molecule has 3 aromatic carbocycles. The van der Waals surface area contributed by atoms with Gasteiger partial charge in [0.25, 0.3) is 0 Å². The Morgan fingerprint density at radius 1 is 0.927 bits per heavy atom. The predicted octanol–water partition coefficient (Wildman–Crippen LogP) is 7.92. The number of nitrogens with zero attached hydrogens (tertiary/aromatic N) is 1. The highest BCUT2D eigenvalue weighted by Crippen LogP contribution is 2.57. The standard InChI is InChI=1S/C37H47NO3/c1-26(2)30-19-31-32(37(5)18-12-17-36(3,4)35(37)21-33(31)40)20-34(30)41-25-29(39)24-38(22-27-13-8-6-9-14-27)23-28-15-10-7-11-16-28/h6-11,13-16,19-20,26,29,35,39H,12,17-18,21-25H2,1-5H3/t29?,35-,37+/m0/s1. The Labute approximate surface area is 246 Å². The summed E-state index contributed by atoms with van der Waals surface area (Å²) in [5.74, 6) is 1.62. The van der Waals surface area contributed by atoms with E-state index in [1.807, 2.05) is 12.1 Å². The van der Waals surface area contributed by atoms with Crippen molar-refractivity contribution < 1.29 is 14.6 Å². The van der Waals surface area contributed by atoms with Gasteiger partial charge in [0.15, 0.2) is 5.78 Å². The van der Waals surface area contributed by atoms with Crippen molar-refractivity contribution >= 4 is 5.78 Å². The number of rotatable bonds is 10. The molecule has 1 N–H and O–H groups in total. The van der Waals surface area contributed by atoms with Crippen molar-refractivity contribution in [3.63, 3.8) is 0 Å². The summed E-state index contributed by atoms with van der Waals surface area (Å²) in [5.41, 5.74) is 5.61. The molecule has 3 aromatic rings. The van der Waals surface area contributed by atoms with Crippen LogP contribution >= 0.6 is 0 Å². The number of aliphatic hydroxyl groups excluding tert-OH is 1. The summed E-state index contributed by atoms with van der Waals surface area (Å²) in [4.78, 5) is 15.7. The molecule has 0 saturated heterocycles. The van der Waals surface area contributed by atoms with Gasteiger partial charge in [-0.3, -0.25) is 9.69 Å². The van der Waals surface area contributed by atoms with Crippen LogP contribution in [-0.4, -0.2) is 35.0 Å². The van der Waals surface area contributed by atoms with E-state index in [1.165, 1.54) is 17.5 Å². The van der Waals surface area contributed by atoms with E-state index >= 15 is 0 Å². The maximum absolute atomic E-state index is 13.5. The van der Waals surface area contributed by atoms with E-state index < -0.39 is 6.10 Å². The molecule has 0 spiro atoms. The Morgan fingerprint density at radius 2 is 1.54 bits per heavy atom. The van der Waals surface area contributed by atoms with Crippen LogP contribution in [0.1, 0.15) is 98.8 Å². The highest BCUT2D eigenvalue weighted by molar-refractivity contribution is 6.00. The minimum absolute atomic E-state index is 0.0423. The van der Waals surface area contributed by atoms with E-state index in [2.05, 4.69) is 100 Å². The second-order valence-corrected chi connectivity index (χ2v) is 13.6. The fourth-order valence-corrected chi connectivity index (χ4v) is 7.52. The van der Waals surface area contributed by atoms with Crippen LogP contribution in [0, 0.1) is 11.3 Å². The minimum Gasteiger partial charge on any atom is -0.491 e. The van der Waals surface area contributed by atoms with E-state index in [0.717, 1.165) is 48.4 Å². The highest BCUT2D eigenvalue weighted by atomic mass is 16.5. The summed E-state index contributed by atoms with van der Waals surface area (Å²) in [6.45, 7) is 13.5. The number of ether oxygens (including phenoxy) is 1. The summed E-state index contributed by atoms with van der Waals surface area (Å²) in [6.07, 6.45) is 3.41. The van der Waals surface area contributed by atoms with Crippen LogP contribution in [0.3, 0.4) is 0 Å². The van der Waals surface area contributed by atoms with E-state index in [9.17, 15) is 9.90 Å². The lowest BCUT2D eigenvalue weighted by Crippen LogP contribution is -2.49. The van der Waals surface area contributed by atoms with Gasteiger partial charge < -0.3 is 9.84 Å². The number of Topliss-reactive ketones (excluding diaryl/α,β-unsaturated/α-hetero) is 1. The molecule has 4 heteroatoms. The lowest BCUT2D eigenvalue weighted by molar-refractivity contribution is 0.0364. The number of benzene rings is 3. The van der Waals surface area contributed by atoms with Gasteiger partial charge in [-0.1, -0.05) is 102 Å². The van der Waals surface area contributed by atoms with Gasteiger partial charge in [-0.2, -0.15) is 0 Å². The van der Waals surface area contributed by atoms with Gasteiger partial charge >= 0.3 is 0 Å². The van der Waals surface area contributed by atoms with Crippen molar-refractivity contribution in [2.45, 2.75) is 90.8 Å². The molecule has 5 rings (SSSR count). The molecule has 0 bridgehead atoms. The molecule has 0 radical (unpaired) electrons. The lowest BCUT2D eigenvalue weighted by Gasteiger charge is -2.54. The molecule has 1 saturated carbocycles. The zero-order chi connectivity index (χ0) is 29.2. The maximum Gasteiger partial charge on any atom is 0.163 e. The summed E-state index contributed by atoms with van der Waals surface area (Å²) >= 11 is 0. The molecular weight excluding hydrogens is 506 g/mol. The first-order valence-corrected chi connectivity index (χ1v) is 15.4. The molecule has 2 aliphatic carbocycles. The Kier molecular flexibility index (Phi) is 8.73. The number of fused-ring (bicyclic) bond motifs is 3. The minimum atomic E-state index is -0.656. The third-order valence-electron chi connectivity index (χ3n) is 9.71. The van der Waals surface area contributed by atoms with Crippen LogP contribution in [0.4, 0.5) is 0 Å². The molecule has 3 atom stereocenters. The van der Waals surface area contributed by atoms with Gasteiger partial charge in [-0.15, -0.1) is 0 Å². The van der Waals surface area contributed by atoms with E-state index in [4.69, 9.17) is 4.74 Å². The van der Waals surface area contributed by atoms with Gasteiger partial charge in [0.1, 0.15) is 18.5 Å². The summed E-state index contributed by atoms with van der Waals surface area (Å²) in [7, 11) is 0. The largest absolute Gasteiger partial charge is 0.491 e. The maximum atomic E-state index is 13.5. The van der Waals surface area contributed by atoms with Gasteiger partial charge in [0.05, 0.1) is 0 Å². The van der Waals surface area contributed by atoms with Crippen molar-refractivity contribution in [3.8, 4) is 5.75 Å². The van der Waals surface area contributed by atoms with E-state index in [-0.39, 0.29) is 29.1 Å². The van der Waals surface area contributed by atoms with Gasteiger partial charge in [-0.25, -0.2) is 0 Å². The van der Waals surface area contributed by atoms with Crippen LogP contribution in [0.2, 0.25) is 0 Å². The first-order valence-electron chi connectivity index (χ1n) is 15.4. The molecule has 41 heavy (non-hydrogen) atoms. The van der Waals surface area contributed by atoms with Gasteiger partial charge in [-0.05, 0) is 69.9 Å².